The molecule has 3 rings (SSSR count). The number of aromatic nitrogens is 1. The summed E-state index contributed by atoms with van der Waals surface area (Å²) in [6.45, 7) is 3.22. The summed E-state index contributed by atoms with van der Waals surface area (Å²) in [4.78, 5) is 16.4. The second-order valence-corrected chi connectivity index (χ2v) is 6.36. The van der Waals surface area contributed by atoms with Crippen LogP contribution in [0.1, 0.15) is 24.8 Å². The van der Waals surface area contributed by atoms with Crippen LogP contribution in [-0.4, -0.2) is 29.8 Å². The van der Waals surface area contributed by atoms with E-state index in [1.807, 2.05) is 31.2 Å². The highest BCUT2D eigenvalue weighted by molar-refractivity contribution is 7.18. The average Bonchev–Trinajstić information content (AvgIpc) is 3.14. The third kappa shape index (κ3) is 3.51. The molecule has 1 fully saturated rings. The topological polar surface area (TPSA) is 63.2 Å². The number of nitrogens with zero attached hydrogens (tertiary/aromatic N) is 1. The van der Waals surface area contributed by atoms with Crippen LogP contribution < -0.4 is 10.6 Å². The Kier molecular flexibility index (Phi) is 4.36. The molecule has 2 N–H and O–H groups in total. The summed E-state index contributed by atoms with van der Waals surface area (Å²) in [7, 11) is 0. The molecule has 0 spiro atoms. The van der Waals surface area contributed by atoms with Crippen molar-refractivity contribution in [3.63, 3.8) is 0 Å². The van der Waals surface area contributed by atoms with Crippen LogP contribution in [0.2, 0.25) is 0 Å². The summed E-state index contributed by atoms with van der Waals surface area (Å²) in [5.41, 5.74) is 0.979. The van der Waals surface area contributed by atoms with E-state index in [2.05, 4.69) is 15.6 Å². The smallest absolute Gasteiger partial charge is 0.315 e. The lowest BCUT2D eigenvalue weighted by Gasteiger charge is -2.19. The van der Waals surface area contributed by atoms with Crippen molar-refractivity contribution in [1.82, 2.24) is 15.6 Å². The van der Waals surface area contributed by atoms with Gasteiger partial charge in [0.1, 0.15) is 5.01 Å². The number of carbonyl (C=O) groups is 1. The molecule has 2 unspecified atom stereocenters. The van der Waals surface area contributed by atoms with Crippen molar-refractivity contribution in [2.24, 2.45) is 0 Å². The number of para-hydroxylation sites is 1. The number of urea groups is 1. The fourth-order valence-electron chi connectivity index (χ4n) is 2.50. The second-order valence-electron chi connectivity index (χ2n) is 5.24. The van der Waals surface area contributed by atoms with Crippen LogP contribution in [0.4, 0.5) is 4.79 Å². The van der Waals surface area contributed by atoms with Crippen molar-refractivity contribution < 1.29 is 9.53 Å². The SMILES string of the molecule is CC(NC(=O)NCc1nc2ccccc2s1)C1CCCO1. The van der Waals surface area contributed by atoms with Gasteiger partial charge < -0.3 is 15.4 Å². The number of hydrogen-bond acceptors (Lipinski definition) is 4. The predicted octanol–water partition coefficient (Wildman–Crippen LogP) is 2.66. The third-order valence-electron chi connectivity index (χ3n) is 3.62. The molecular weight excluding hydrogens is 286 g/mol. The Morgan fingerprint density at radius 2 is 2.38 bits per heavy atom. The lowest BCUT2D eigenvalue weighted by molar-refractivity contribution is 0.0860. The number of rotatable bonds is 4. The number of fused-ring (bicyclic) bond motifs is 1. The monoisotopic (exact) mass is 305 g/mol. The van der Waals surface area contributed by atoms with Crippen LogP contribution in [0.25, 0.3) is 10.2 Å². The van der Waals surface area contributed by atoms with Gasteiger partial charge in [-0.2, -0.15) is 0 Å². The minimum Gasteiger partial charge on any atom is -0.376 e. The number of benzene rings is 1. The van der Waals surface area contributed by atoms with Crippen LogP contribution in [0, 0.1) is 0 Å². The van der Waals surface area contributed by atoms with Gasteiger partial charge in [0.05, 0.1) is 28.9 Å². The van der Waals surface area contributed by atoms with Gasteiger partial charge >= 0.3 is 6.03 Å². The van der Waals surface area contributed by atoms with Gasteiger partial charge in [0, 0.05) is 6.61 Å². The van der Waals surface area contributed by atoms with E-state index >= 15 is 0 Å². The molecule has 2 atom stereocenters. The quantitative estimate of drug-likeness (QED) is 0.913. The van der Waals surface area contributed by atoms with Crippen molar-refractivity contribution in [2.45, 2.75) is 38.5 Å². The van der Waals surface area contributed by atoms with Crippen LogP contribution in [0.3, 0.4) is 0 Å². The normalized spacial score (nSPS) is 19.6. The molecule has 2 heterocycles. The van der Waals surface area contributed by atoms with Crippen molar-refractivity contribution in [1.29, 1.82) is 0 Å². The lowest BCUT2D eigenvalue weighted by Crippen LogP contribution is -2.45. The average molecular weight is 305 g/mol. The van der Waals surface area contributed by atoms with Crippen LogP contribution in [0.15, 0.2) is 24.3 Å². The molecule has 5 nitrogen and oxygen atoms in total. The minimum absolute atomic E-state index is 0.0304. The van der Waals surface area contributed by atoms with Crippen LogP contribution in [-0.2, 0) is 11.3 Å². The van der Waals surface area contributed by atoms with Crippen LogP contribution in [0.5, 0.6) is 0 Å². The Balaban J connectivity index is 1.50. The largest absolute Gasteiger partial charge is 0.376 e. The maximum atomic E-state index is 11.9. The fourth-order valence-corrected chi connectivity index (χ4v) is 3.41. The summed E-state index contributed by atoms with van der Waals surface area (Å²) in [5, 5.41) is 6.70. The van der Waals surface area contributed by atoms with E-state index in [0.717, 1.165) is 34.7 Å². The third-order valence-corrected chi connectivity index (χ3v) is 4.66. The first kappa shape index (κ1) is 14.3. The summed E-state index contributed by atoms with van der Waals surface area (Å²) >= 11 is 1.61. The van der Waals surface area contributed by atoms with Crippen LogP contribution >= 0.6 is 11.3 Å². The van der Waals surface area contributed by atoms with E-state index in [4.69, 9.17) is 4.74 Å². The first-order valence-electron chi connectivity index (χ1n) is 7.23. The Morgan fingerprint density at radius 3 is 3.14 bits per heavy atom. The van der Waals surface area contributed by atoms with Gasteiger partial charge in [0.15, 0.2) is 0 Å². The highest BCUT2D eigenvalue weighted by Crippen LogP contribution is 2.21. The Labute approximate surface area is 127 Å². The molecule has 0 bridgehead atoms. The van der Waals surface area contributed by atoms with Gasteiger partial charge in [0.2, 0.25) is 0 Å². The summed E-state index contributed by atoms with van der Waals surface area (Å²) in [5.74, 6) is 0. The predicted molar refractivity (Wildman–Crippen MR) is 83.4 cm³/mol. The van der Waals surface area contributed by atoms with Gasteiger partial charge in [-0.3, -0.25) is 0 Å². The Bertz CT molecular complexity index is 589. The zero-order valence-corrected chi connectivity index (χ0v) is 12.8. The van der Waals surface area contributed by atoms with E-state index < -0.39 is 0 Å². The molecule has 21 heavy (non-hydrogen) atoms. The molecule has 2 amide bonds. The fraction of sp³-hybridized carbons (Fsp3) is 0.467. The van der Waals surface area contributed by atoms with E-state index in [0.29, 0.717) is 6.54 Å². The number of amides is 2. The zero-order valence-electron chi connectivity index (χ0n) is 12.0. The number of carbonyl (C=O) groups excluding carboxylic acids is 1. The van der Waals surface area contributed by atoms with Crippen molar-refractivity contribution >= 4 is 27.6 Å². The van der Waals surface area contributed by atoms with Crippen molar-refractivity contribution in [3.8, 4) is 0 Å². The Morgan fingerprint density at radius 1 is 1.52 bits per heavy atom. The lowest BCUT2D eigenvalue weighted by atomic mass is 10.1. The molecule has 112 valence electrons. The van der Waals surface area contributed by atoms with Gasteiger partial charge in [0.25, 0.3) is 0 Å². The molecule has 6 heteroatoms. The summed E-state index contributed by atoms with van der Waals surface area (Å²) in [6, 6.07) is 7.84. The zero-order chi connectivity index (χ0) is 14.7. The van der Waals surface area contributed by atoms with E-state index in [-0.39, 0.29) is 18.2 Å². The molecule has 1 aromatic heterocycles. The maximum absolute atomic E-state index is 11.9. The molecule has 1 aliphatic heterocycles. The minimum atomic E-state index is -0.169. The first-order chi connectivity index (χ1) is 10.2. The Hall–Kier alpha value is -1.66. The molecule has 2 aromatic rings. The van der Waals surface area contributed by atoms with Crippen molar-refractivity contribution in [2.75, 3.05) is 6.61 Å². The number of hydrogen-bond donors (Lipinski definition) is 2. The molecule has 0 aliphatic carbocycles. The van der Waals surface area contributed by atoms with E-state index in [1.165, 1.54) is 0 Å². The van der Waals surface area contributed by atoms with Gasteiger partial charge in [-0.05, 0) is 31.9 Å². The first-order valence-corrected chi connectivity index (χ1v) is 8.04. The molecule has 1 aromatic carbocycles. The summed E-state index contributed by atoms with van der Waals surface area (Å²) in [6.07, 6.45) is 2.22. The standard InChI is InChI=1S/C15H19N3O2S/c1-10(12-6-4-8-20-12)17-15(19)16-9-14-18-11-5-2-3-7-13(11)21-14/h2-3,5,7,10,12H,4,6,8-9H2,1H3,(H2,16,17,19). The highest BCUT2D eigenvalue weighted by atomic mass is 32.1. The van der Waals surface area contributed by atoms with E-state index in [1.54, 1.807) is 11.3 Å². The van der Waals surface area contributed by atoms with E-state index in [9.17, 15) is 4.79 Å². The molecule has 1 saturated heterocycles. The highest BCUT2D eigenvalue weighted by Gasteiger charge is 2.23. The summed E-state index contributed by atoms with van der Waals surface area (Å²) < 4.78 is 6.71. The molecular formula is C15H19N3O2S. The van der Waals surface area contributed by atoms with Gasteiger partial charge in [-0.25, -0.2) is 9.78 Å². The second kappa shape index (κ2) is 6.41. The number of ether oxygens (including phenoxy) is 1. The van der Waals surface area contributed by atoms with Crippen molar-refractivity contribution in [3.05, 3.63) is 29.3 Å². The maximum Gasteiger partial charge on any atom is 0.315 e. The molecule has 0 radical (unpaired) electrons. The van der Waals surface area contributed by atoms with Gasteiger partial charge in [-0.1, -0.05) is 12.1 Å². The van der Waals surface area contributed by atoms with Gasteiger partial charge in [-0.15, -0.1) is 11.3 Å². The number of thiazole rings is 1. The molecule has 1 aliphatic rings. The number of nitrogens with one attached hydrogen (secondary N) is 2. The molecule has 0 saturated carbocycles.